The van der Waals surface area contributed by atoms with Gasteiger partial charge in [-0.1, -0.05) is 17.7 Å². The van der Waals surface area contributed by atoms with Crippen LogP contribution in [0.1, 0.15) is 16.8 Å². The minimum atomic E-state index is -3.30. The number of halogens is 1. The highest BCUT2D eigenvalue weighted by Gasteiger charge is 2.29. The SMILES string of the molecule is COc1cccc(C(=O)Nc2ccc(N3CCCS3(=O)=O)c(Cl)c2)c1. The summed E-state index contributed by atoms with van der Waals surface area (Å²) in [5.74, 6) is 0.397. The van der Waals surface area contributed by atoms with Crippen LogP contribution in [0, 0.1) is 0 Å². The third-order valence-electron chi connectivity index (χ3n) is 3.91. The van der Waals surface area contributed by atoms with Gasteiger partial charge in [-0.15, -0.1) is 0 Å². The van der Waals surface area contributed by atoms with Crippen LogP contribution in [-0.4, -0.2) is 33.7 Å². The van der Waals surface area contributed by atoms with Gasteiger partial charge in [0.05, 0.1) is 23.6 Å². The Balaban J connectivity index is 1.80. The molecule has 0 bridgehead atoms. The second-order valence-corrected chi connectivity index (χ2v) is 8.01. The number of amides is 1. The van der Waals surface area contributed by atoms with Crippen molar-refractivity contribution in [1.82, 2.24) is 0 Å². The van der Waals surface area contributed by atoms with E-state index < -0.39 is 10.0 Å². The maximum absolute atomic E-state index is 12.3. The van der Waals surface area contributed by atoms with Gasteiger partial charge in [0.15, 0.2) is 0 Å². The molecule has 1 N–H and O–H groups in total. The zero-order valence-corrected chi connectivity index (χ0v) is 15.1. The Bertz CT molecular complexity index is 915. The molecule has 1 saturated heterocycles. The molecule has 6 nitrogen and oxygen atoms in total. The Morgan fingerprint density at radius 1 is 1.24 bits per heavy atom. The van der Waals surface area contributed by atoms with Crippen molar-refractivity contribution < 1.29 is 17.9 Å². The lowest BCUT2D eigenvalue weighted by atomic mass is 10.2. The molecule has 1 fully saturated rings. The predicted octanol–water partition coefficient (Wildman–Crippen LogP) is 3.14. The molecular weight excluding hydrogens is 364 g/mol. The molecular formula is C17H17ClN2O4S. The van der Waals surface area contributed by atoms with Crippen LogP contribution in [0.5, 0.6) is 5.75 Å². The summed E-state index contributed by atoms with van der Waals surface area (Å²) in [7, 11) is -1.77. The van der Waals surface area contributed by atoms with Gasteiger partial charge in [-0.05, 0) is 42.8 Å². The highest BCUT2D eigenvalue weighted by atomic mass is 35.5. The number of carbonyl (C=O) groups excluding carboxylic acids is 1. The lowest BCUT2D eigenvalue weighted by Gasteiger charge is -2.19. The zero-order valence-electron chi connectivity index (χ0n) is 13.5. The van der Waals surface area contributed by atoms with Gasteiger partial charge >= 0.3 is 0 Å². The highest BCUT2D eigenvalue weighted by molar-refractivity contribution is 7.93. The Kier molecular flexibility index (Phi) is 4.87. The quantitative estimate of drug-likeness (QED) is 0.884. The summed E-state index contributed by atoms with van der Waals surface area (Å²) in [6, 6.07) is 11.6. The standard InChI is InChI=1S/C17H17ClN2O4S/c1-24-14-5-2-4-12(10-14)17(21)19-13-6-7-16(15(18)11-13)20-8-3-9-25(20,22)23/h2,4-7,10-11H,3,8-9H2,1H3,(H,19,21). The number of nitrogens with zero attached hydrogens (tertiary/aromatic N) is 1. The Morgan fingerprint density at radius 2 is 2.04 bits per heavy atom. The number of hydrogen-bond acceptors (Lipinski definition) is 4. The number of sulfonamides is 1. The van der Waals surface area contributed by atoms with E-state index in [1.54, 1.807) is 42.5 Å². The molecule has 3 rings (SSSR count). The van der Waals surface area contributed by atoms with Gasteiger partial charge in [0.2, 0.25) is 10.0 Å². The monoisotopic (exact) mass is 380 g/mol. The first-order valence-electron chi connectivity index (χ1n) is 7.66. The molecule has 1 heterocycles. The van der Waals surface area contributed by atoms with E-state index in [9.17, 15) is 13.2 Å². The molecule has 0 aromatic heterocycles. The summed E-state index contributed by atoms with van der Waals surface area (Å²) in [6.45, 7) is 0.414. The molecule has 1 aliphatic heterocycles. The van der Waals surface area contributed by atoms with E-state index in [1.165, 1.54) is 11.4 Å². The number of methoxy groups -OCH3 is 1. The van der Waals surface area contributed by atoms with E-state index in [1.807, 2.05) is 0 Å². The van der Waals surface area contributed by atoms with Crippen LogP contribution >= 0.6 is 11.6 Å². The summed E-state index contributed by atoms with van der Waals surface area (Å²) in [6.07, 6.45) is 0.576. The molecule has 2 aromatic carbocycles. The van der Waals surface area contributed by atoms with E-state index in [4.69, 9.17) is 16.3 Å². The first-order valence-corrected chi connectivity index (χ1v) is 9.65. The number of benzene rings is 2. The molecule has 0 unspecified atom stereocenters. The van der Waals surface area contributed by atoms with Gasteiger partial charge in [0.25, 0.3) is 5.91 Å². The van der Waals surface area contributed by atoms with Crippen molar-refractivity contribution in [2.45, 2.75) is 6.42 Å². The fourth-order valence-electron chi connectivity index (χ4n) is 2.66. The lowest BCUT2D eigenvalue weighted by molar-refractivity contribution is 0.102. The molecule has 25 heavy (non-hydrogen) atoms. The summed E-state index contributed by atoms with van der Waals surface area (Å²) in [5, 5.41) is 3.01. The number of ether oxygens (including phenoxy) is 1. The third-order valence-corrected chi connectivity index (χ3v) is 6.06. The lowest BCUT2D eigenvalue weighted by Crippen LogP contribution is -2.25. The maximum atomic E-state index is 12.3. The van der Waals surface area contributed by atoms with Crippen LogP contribution in [0.4, 0.5) is 11.4 Å². The molecule has 132 valence electrons. The van der Waals surface area contributed by atoms with Crippen molar-refractivity contribution in [3.63, 3.8) is 0 Å². The van der Waals surface area contributed by atoms with Gasteiger partial charge in [0.1, 0.15) is 5.75 Å². The first-order chi connectivity index (χ1) is 11.9. The Hall–Kier alpha value is -2.25. The number of anilines is 2. The van der Waals surface area contributed by atoms with E-state index in [0.29, 0.717) is 35.7 Å². The van der Waals surface area contributed by atoms with E-state index >= 15 is 0 Å². The molecule has 2 aromatic rings. The molecule has 0 atom stereocenters. The van der Waals surface area contributed by atoms with Crippen LogP contribution in [0.2, 0.25) is 5.02 Å². The van der Waals surface area contributed by atoms with Gasteiger partial charge in [-0.2, -0.15) is 0 Å². The van der Waals surface area contributed by atoms with Crippen molar-refractivity contribution >= 4 is 38.9 Å². The fraction of sp³-hybridized carbons (Fsp3) is 0.235. The molecule has 0 aliphatic carbocycles. The molecule has 0 spiro atoms. The Labute approximate surface area is 151 Å². The number of rotatable bonds is 4. The number of nitrogens with one attached hydrogen (secondary N) is 1. The van der Waals surface area contributed by atoms with Crippen LogP contribution in [0.25, 0.3) is 0 Å². The molecule has 0 radical (unpaired) electrons. The van der Waals surface area contributed by atoms with Crippen molar-refractivity contribution in [1.29, 1.82) is 0 Å². The smallest absolute Gasteiger partial charge is 0.255 e. The first kappa shape index (κ1) is 17.6. The van der Waals surface area contributed by atoms with Gasteiger partial charge in [-0.3, -0.25) is 9.10 Å². The van der Waals surface area contributed by atoms with Gasteiger partial charge in [-0.25, -0.2) is 8.42 Å². The van der Waals surface area contributed by atoms with Crippen molar-refractivity contribution in [3.05, 3.63) is 53.1 Å². The average molecular weight is 381 g/mol. The van der Waals surface area contributed by atoms with Crippen molar-refractivity contribution in [2.24, 2.45) is 0 Å². The van der Waals surface area contributed by atoms with Crippen molar-refractivity contribution in [2.75, 3.05) is 29.0 Å². The topological polar surface area (TPSA) is 75.7 Å². The maximum Gasteiger partial charge on any atom is 0.255 e. The largest absolute Gasteiger partial charge is 0.497 e. The van der Waals surface area contributed by atoms with Gasteiger partial charge in [0, 0.05) is 17.8 Å². The second-order valence-electron chi connectivity index (χ2n) is 5.59. The van der Waals surface area contributed by atoms with Crippen LogP contribution in [0.3, 0.4) is 0 Å². The summed E-state index contributed by atoms with van der Waals surface area (Å²) >= 11 is 6.24. The summed E-state index contributed by atoms with van der Waals surface area (Å²) < 4.78 is 30.4. The van der Waals surface area contributed by atoms with Crippen LogP contribution < -0.4 is 14.4 Å². The van der Waals surface area contributed by atoms with Crippen molar-refractivity contribution in [3.8, 4) is 5.75 Å². The van der Waals surface area contributed by atoms with E-state index in [0.717, 1.165) is 0 Å². The summed E-state index contributed by atoms with van der Waals surface area (Å²) in [5.41, 5.74) is 1.36. The summed E-state index contributed by atoms with van der Waals surface area (Å²) in [4.78, 5) is 12.3. The van der Waals surface area contributed by atoms with E-state index in [2.05, 4.69) is 5.32 Å². The predicted molar refractivity (Wildman–Crippen MR) is 98.1 cm³/mol. The number of carbonyl (C=O) groups is 1. The third kappa shape index (κ3) is 3.72. The van der Waals surface area contributed by atoms with Crippen LogP contribution in [-0.2, 0) is 10.0 Å². The minimum absolute atomic E-state index is 0.123. The fourth-order valence-corrected chi connectivity index (χ4v) is 4.58. The van der Waals surface area contributed by atoms with Gasteiger partial charge < -0.3 is 10.1 Å². The highest BCUT2D eigenvalue weighted by Crippen LogP contribution is 2.33. The molecule has 0 saturated carbocycles. The number of hydrogen-bond donors (Lipinski definition) is 1. The normalized spacial score (nSPS) is 15.8. The minimum Gasteiger partial charge on any atom is -0.497 e. The molecule has 8 heteroatoms. The molecule has 1 amide bonds. The van der Waals surface area contributed by atoms with Crippen LogP contribution in [0.15, 0.2) is 42.5 Å². The second kappa shape index (κ2) is 6.93. The zero-order chi connectivity index (χ0) is 18.0. The van der Waals surface area contributed by atoms with E-state index in [-0.39, 0.29) is 16.7 Å². The Morgan fingerprint density at radius 3 is 2.68 bits per heavy atom. The average Bonchev–Trinajstić information content (AvgIpc) is 2.94. The molecule has 1 aliphatic rings.